The molecule has 20 heavy (non-hydrogen) atoms. The first-order valence-electron chi connectivity index (χ1n) is 7.31. The van der Waals surface area contributed by atoms with Crippen LogP contribution in [0.2, 0.25) is 0 Å². The molecule has 0 aliphatic carbocycles. The van der Waals surface area contributed by atoms with Gasteiger partial charge in [0.1, 0.15) is 12.2 Å². The Kier molecular flexibility index (Phi) is 4.90. The van der Waals surface area contributed by atoms with Gasteiger partial charge in [-0.1, -0.05) is 44.2 Å². The predicted molar refractivity (Wildman–Crippen MR) is 81.7 cm³/mol. The maximum absolute atomic E-state index is 4.41. The number of hydrogen-bond donors (Lipinski definition) is 1. The summed E-state index contributed by atoms with van der Waals surface area (Å²) in [6.45, 7) is 6.33. The number of rotatable bonds is 7. The average molecular weight is 272 g/mol. The van der Waals surface area contributed by atoms with E-state index in [1.807, 2.05) is 11.7 Å². The van der Waals surface area contributed by atoms with Gasteiger partial charge in [-0.05, 0) is 18.5 Å². The van der Waals surface area contributed by atoms with Gasteiger partial charge >= 0.3 is 0 Å². The highest BCUT2D eigenvalue weighted by molar-refractivity contribution is 5.27. The van der Waals surface area contributed by atoms with Crippen molar-refractivity contribution in [3.63, 3.8) is 0 Å². The van der Waals surface area contributed by atoms with Crippen LogP contribution >= 0.6 is 0 Å². The largest absolute Gasteiger partial charge is 0.316 e. The quantitative estimate of drug-likeness (QED) is 0.841. The molecule has 1 heterocycles. The number of nitrogens with one attached hydrogen (secondary N) is 1. The number of likely N-dealkylation sites (N-methyl/N-ethyl adjacent to an activating group) is 1. The monoisotopic (exact) mass is 272 g/mol. The summed E-state index contributed by atoms with van der Waals surface area (Å²) in [6, 6.07) is 10.7. The van der Waals surface area contributed by atoms with E-state index in [2.05, 4.69) is 59.6 Å². The Morgan fingerprint density at radius 3 is 2.50 bits per heavy atom. The van der Waals surface area contributed by atoms with E-state index in [1.54, 1.807) is 6.33 Å². The van der Waals surface area contributed by atoms with Crippen LogP contribution in [-0.2, 0) is 18.9 Å². The van der Waals surface area contributed by atoms with Crippen molar-refractivity contribution in [3.8, 4) is 0 Å². The van der Waals surface area contributed by atoms with Gasteiger partial charge in [0.2, 0.25) is 0 Å². The molecule has 2 rings (SSSR count). The standard InChI is InChI=1S/C16H24N4/c1-4-16(12-17-5-2,14-9-7-6-8-10-14)11-15-18-13-19-20(15)3/h6-10,13,17H,4-5,11-12H2,1-3H3. The summed E-state index contributed by atoms with van der Waals surface area (Å²) in [5.74, 6) is 1.04. The Bertz CT molecular complexity index is 520. The first-order chi connectivity index (χ1) is 9.72. The van der Waals surface area contributed by atoms with Gasteiger partial charge in [0.25, 0.3) is 0 Å². The fourth-order valence-corrected chi connectivity index (χ4v) is 2.66. The van der Waals surface area contributed by atoms with Gasteiger partial charge in [-0.15, -0.1) is 0 Å². The summed E-state index contributed by atoms with van der Waals surface area (Å²) in [6.07, 6.45) is 3.60. The Labute approximate surface area is 121 Å². The van der Waals surface area contributed by atoms with E-state index in [1.165, 1.54) is 5.56 Å². The second-order valence-electron chi connectivity index (χ2n) is 5.26. The van der Waals surface area contributed by atoms with E-state index in [4.69, 9.17) is 0 Å². The Morgan fingerprint density at radius 2 is 1.95 bits per heavy atom. The molecule has 4 heteroatoms. The third-order valence-corrected chi connectivity index (χ3v) is 4.08. The molecule has 0 aliphatic heterocycles. The lowest BCUT2D eigenvalue weighted by molar-refractivity contribution is 0.369. The highest BCUT2D eigenvalue weighted by Gasteiger charge is 2.31. The lowest BCUT2D eigenvalue weighted by atomic mass is 9.75. The molecule has 1 aromatic carbocycles. The molecule has 1 N–H and O–H groups in total. The Morgan fingerprint density at radius 1 is 1.20 bits per heavy atom. The van der Waals surface area contributed by atoms with Gasteiger partial charge in [-0.2, -0.15) is 5.10 Å². The summed E-state index contributed by atoms with van der Waals surface area (Å²) in [5, 5.41) is 7.71. The first kappa shape index (κ1) is 14.7. The molecule has 1 unspecified atom stereocenters. The van der Waals surface area contributed by atoms with Crippen LogP contribution in [-0.4, -0.2) is 27.9 Å². The summed E-state index contributed by atoms with van der Waals surface area (Å²) in [5.41, 5.74) is 1.43. The first-order valence-corrected chi connectivity index (χ1v) is 7.31. The Hall–Kier alpha value is -1.68. The van der Waals surface area contributed by atoms with Gasteiger partial charge in [0, 0.05) is 25.4 Å². The molecule has 0 amide bonds. The van der Waals surface area contributed by atoms with E-state index in [0.717, 1.165) is 31.8 Å². The second kappa shape index (κ2) is 6.66. The topological polar surface area (TPSA) is 42.7 Å². The zero-order valence-electron chi connectivity index (χ0n) is 12.6. The molecule has 0 bridgehead atoms. The number of hydrogen-bond acceptors (Lipinski definition) is 3. The zero-order chi connectivity index (χ0) is 14.4. The SMILES string of the molecule is CCNCC(CC)(Cc1ncnn1C)c1ccccc1. The van der Waals surface area contributed by atoms with Gasteiger partial charge in [-0.25, -0.2) is 4.98 Å². The van der Waals surface area contributed by atoms with E-state index >= 15 is 0 Å². The van der Waals surface area contributed by atoms with E-state index < -0.39 is 0 Å². The van der Waals surface area contributed by atoms with Crippen molar-refractivity contribution in [2.24, 2.45) is 7.05 Å². The molecule has 0 saturated carbocycles. The van der Waals surface area contributed by atoms with Crippen LogP contribution < -0.4 is 5.32 Å². The summed E-state index contributed by atoms with van der Waals surface area (Å²) < 4.78 is 1.87. The highest BCUT2D eigenvalue weighted by Crippen LogP contribution is 2.31. The lowest BCUT2D eigenvalue weighted by Gasteiger charge is -2.33. The van der Waals surface area contributed by atoms with Crippen LogP contribution in [0.1, 0.15) is 31.7 Å². The minimum Gasteiger partial charge on any atom is -0.316 e. The molecule has 0 fully saturated rings. The molecule has 0 spiro atoms. The smallest absolute Gasteiger partial charge is 0.138 e. The third kappa shape index (κ3) is 3.07. The highest BCUT2D eigenvalue weighted by atomic mass is 15.3. The van der Waals surface area contributed by atoms with Crippen molar-refractivity contribution in [2.75, 3.05) is 13.1 Å². The Balaban J connectivity index is 2.34. The summed E-state index contributed by atoms with van der Waals surface area (Å²) in [7, 11) is 1.96. The average Bonchev–Trinajstić information content (AvgIpc) is 2.89. The maximum atomic E-state index is 4.41. The molecule has 0 aliphatic rings. The van der Waals surface area contributed by atoms with E-state index in [0.29, 0.717) is 0 Å². The van der Waals surface area contributed by atoms with Crippen LogP contribution in [0.25, 0.3) is 0 Å². The molecule has 0 saturated heterocycles. The number of aromatic nitrogens is 3. The number of aryl methyl sites for hydroxylation is 1. The summed E-state index contributed by atoms with van der Waals surface area (Å²) in [4.78, 5) is 4.41. The fourth-order valence-electron chi connectivity index (χ4n) is 2.66. The normalized spacial score (nSPS) is 14.2. The lowest BCUT2D eigenvalue weighted by Crippen LogP contribution is -2.40. The molecule has 1 aromatic heterocycles. The van der Waals surface area contributed by atoms with E-state index in [9.17, 15) is 0 Å². The van der Waals surface area contributed by atoms with Crippen molar-refractivity contribution in [3.05, 3.63) is 48.0 Å². The number of nitrogens with zero attached hydrogens (tertiary/aromatic N) is 3. The molecule has 1 atom stereocenters. The van der Waals surface area contributed by atoms with Crippen molar-refractivity contribution in [1.82, 2.24) is 20.1 Å². The predicted octanol–water partition coefficient (Wildman–Crippen LogP) is 2.32. The van der Waals surface area contributed by atoms with Crippen LogP contribution in [0.5, 0.6) is 0 Å². The second-order valence-corrected chi connectivity index (χ2v) is 5.26. The number of benzene rings is 1. The minimum atomic E-state index is 0.0675. The minimum absolute atomic E-state index is 0.0675. The van der Waals surface area contributed by atoms with Crippen LogP contribution in [0.3, 0.4) is 0 Å². The molecular formula is C16H24N4. The maximum Gasteiger partial charge on any atom is 0.138 e. The van der Waals surface area contributed by atoms with Gasteiger partial charge in [0.15, 0.2) is 0 Å². The van der Waals surface area contributed by atoms with Crippen molar-refractivity contribution in [1.29, 1.82) is 0 Å². The molecule has 4 nitrogen and oxygen atoms in total. The third-order valence-electron chi connectivity index (χ3n) is 4.08. The van der Waals surface area contributed by atoms with Gasteiger partial charge < -0.3 is 5.32 Å². The van der Waals surface area contributed by atoms with Crippen LogP contribution in [0.4, 0.5) is 0 Å². The van der Waals surface area contributed by atoms with E-state index in [-0.39, 0.29) is 5.41 Å². The van der Waals surface area contributed by atoms with Crippen molar-refractivity contribution < 1.29 is 0 Å². The van der Waals surface area contributed by atoms with Crippen molar-refractivity contribution in [2.45, 2.75) is 32.1 Å². The van der Waals surface area contributed by atoms with Crippen LogP contribution in [0, 0.1) is 0 Å². The van der Waals surface area contributed by atoms with Crippen molar-refractivity contribution >= 4 is 0 Å². The van der Waals surface area contributed by atoms with Gasteiger partial charge in [0.05, 0.1) is 0 Å². The molecule has 0 radical (unpaired) electrons. The van der Waals surface area contributed by atoms with Gasteiger partial charge in [-0.3, -0.25) is 4.68 Å². The molecular weight excluding hydrogens is 248 g/mol. The molecule has 2 aromatic rings. The summed E-state index contributed by atoms with van der Waals surface area (Å²) >= 11 is 0. The fraction of sp³-hybridized carbons (Fsp3) is 0.500. The molecule has 108 valence electrons. The van der Waals surface area contributed by atoms with Crippen LogP contribution in [0.15, 0.2) is 36.7 Å². The zero-order valence-corrected chi connectivity index (χ0v) is 12.6.